The number of hydrogen-bond acceptors (Lipinski definition) is 4. The Balaban J connectivity index is 1.79. The number of hydrogen-bond donors (Lipinski definition) is 1. The van der Waals surface area contributed by atoms with E-state index in [-0.39, 0.29) is 41.0 Å². The van der Waals surface area contributed by atoms with E-state index < -0.39 is 15.8 Å². The molecule has 0 heterocycles. The number of benzene rings is 2. The van der Waals surface area contributed by atoms with E-state index in [1.165, 1.54) is 38.4 Å². The number of carbonyl (C=O) groups excluding carboxylic acids is 1. The number of carbonyl (C=O) groups is 1. The minimum absolute atomic E-state index is 0.0971. The average Bonchev–Trinajstić information content (AvgIpc) is 2.61. The lowest BCUT2D eigenvalue weighted by Gasteiger charge is -2.12. The molecule has 0 unspecified atom stereocenters. The first-order valence-electron chi connectivity index (χ1n) is 8.06. The van der Waals surface area contributed by atoms with Gasteiger partial charge < -0.3 is 10.1 Å². The van der Waals surface area contributed by atoms with Gasteiger partial charge in [0.05, 0.1) is 17.9 Å². The van der Waals surface area contributed by atoms with Crippen molar-refractivity contribution in [1.82, 2.24) is 9.62 Å². The van der Waals surface area contributed by atoms with Crippen molar-refractivity contribution >= 4 is 27.5 Å². The first kappa shape index (κ1) is 21.1. The number of nitrogens with one attached hydrogen (secondary N) is 1. The van der Waals surface area contributed by atoms with Gasteiger partial charge in [0.25, 0.3) is 0 Å². The maximum absolute atomic E-state index is 13.7. The van der Waals surface area contributed by atoms with Gasteiger partial charge >= 0.3 is 0 Å². The summed E-state index contributed by atoms with van der Waals surface area (Å²) in [4.78, 5) is 12.0. The monoisotopic (exact) mass is 414 g/mol. The van der Waals surface area contributed by atoms with Crippen LogP contribution in [0.5, 0.6) is 5.75 Å². The van der Waals surface area contributed by atoms with Crippen LogP contribution in [0.2, 0.25) is 5.02 Å². The molecule has 0 atom stereocenters. The standard InChI is InChI=1S/C18H20ClFN2O4S/c1-22(2)27(24,25)16-7-5-15(6-8-16)26-10-9-21-18(23)11-13-3-4-14(19)12-17(13)20/h3-8,12H,9-11H2,1-2H3,(H,21,23). The van der Waals surface area contributed by atoms with Crippen molar-refractivity contribution in [3.8, 4) is 5.75 Å². The molecule has 2 rings (SSSR count). The van der Waals surface area contributed by atoms with Crippen molar-refractivity contribution in [3.05, 3.63) is 58.9 Å². The van der Waals surface area contributed by atoms with E-state index in [2.05, 4.69) is 5.32 Å². The van der Waals surface area contributed by atoms with Crippen molar-refractivity contribution in [2.45, 2.75) is 11.3 Å². The SMILES string of the molecule is CN(C)S(=O)(=O)c1ccc(OCCNC(=O)Cc2ccc(Cl)cc2F)cc1. The Kier molecular flexibility index (Phi) is 7.18. The molecule has 0 aromatic heterocycles. The predicted octanol–water partition coefficient (Wildman–Crippen LogP) is 2.47. The molecule has 0 aliphatic carbocycles. The van der Waals surface area contributed by atoms with Crippen LogP contribution >= 0.6 is 11.6 Å². The third kappa shape index (κ3) is 5.92. The van der Waals surface area contributed by atoms with Gasteiger partial charge in [-0.15, -0.1) is 0 Å². The molecule has 9 heteroatoms. The van der Waals surface area contributed by atoms with Gasteiger partial charge in [0.1, 0.15) is 18.2 Å². The van der Waals surface area contributed by atoms with Crippen LogP contribution in [0.15, 0.2) is 47.4 Å². The number of nitrogens with zero attached hydrogens (tertiary/aromatic N) is 1. The van der Waals surface area contributed by atoms with Gasteiger partial charge in [-0.3, -0.25) is 4.79 Å². The lowest BCUT2D eigenvalue weighted by Crippen LogP contribution is -2.29. The molecular formula is C18H20ClFN2O4S. The molecule has 0 bridgehead atoms. The van der Waals surface area contributed by atoms with E-state index in [0.29, 0.717) is 5.75 Å². The first-order chi connectivity index (χ1) is 12.7. The predicted molar refractivity (Wildman–Crippen MR) is 101 cm³/mol. The zero-order valence-corrected chi connectivity index (χ0v) is 16.5. The highest BCUT2D eigenvalue weighted by molar-refractivity contribution is 7.89. The minimum atomic E-state index is -3.48. The molecule has 0 spiro atoms. The van der Waals surface area contributed by atoms with Crippen LogP contribution in [0.3, 0.4) is 0 Å². The third-order valence-corrected chi connectivity index (χ3v) is 5.73. The zero-order chi connectivity index (χ0) is 20.0. The summed E-state index contributed by atoms with van der Waals surface area (Å²) < 4.78 is 44.2. The van der Waals surface area contributed by atoms with Crippen LogP contribution < -0.4 is 10.1 Å². The van der Waals surface area contributed by atoms with Gasteiger partial charge in [-0.05, 0) is 42.0 Å². The molecule has 2 aromatic carbocycles. The second-order valence-corrected chi connectivity index (χ2v) is 8.46. The van der Waals surface area contributed by atoms with Gasteiger partial charge in [-0.2, -0.15) is 0 Å². The van der Waals surface area contributed by atoms with E-state index >= 15 is 0 Å². The number of halogens is 2. The van der Waals surface area contributed by atoms with E-state index in [1.807, 2.05) is 0 Å². The Morgan fingerprint density at radius 2 is 1.85 bits per heavy atom. The second kappa shape index (κ2) is 9.16. The Morgan fingerprint density at radius 1 is 1.19 bits per heavy atom. The summed E-state index contributed by atoms with van der Waals surface area (Å²) in [6.45, 7) is 0.417. The van der Waals surface area contributed by atoms with Crippen molar-refractivity contribution < 1.29 is 22.3 Å². The Bertz CT molecular complexity index is 902. The summed E-state index contributed by atoms with van der Waals surface area (Å²) in [6.07, 6.45) is -0.0971. The van der Waals surface area contributed by atoms with E-state index in [0.717, 1.165) is 10.4 Å². The highest BCUT2D eigenvalue weighted by atomic mass is 35.5. The maximum atomic E-state index is 13.7. The molecule has 1 N–H and O–H groups in total. The number of sulfonamides is 1. The van der Waals surface area contributed by atoms with E-state index in [1.54, 1.807) is 12.1 Å². The summed E-state index contributed by atoms with van der Waals surface area (Å²) in [5, 5.41) is 2.90. The fourth-order valence-electron chi connectivity index (χ4n) is 2.18. The van der Waals surface area contributed by atoms with Crippen LogP contribution in [-0.4, -0.2) is 45.9 Å². The fraction of sp³-hybridized carbons (Fsp3) is 0.278. The number of ether oxygens (including phenoxy) is 1. The zero-order valence-electron chi connectivity index (χ0n) is 14.9. The Labute approximate surface area is 162 Å². The molecule has 6 nitrogen and oxygen atoms in total. The van der Waals surface area contributed by atoms with Gasteiger partial charge in [-0.25, -0.2) is 17.1 Å². The van der Waals surface area contributed by atoms with Crippen LogP contribution in [0.1, 0.15) is 5.56 Å². The molecular weight excluding hydrogens is 395 g/mol. The summed E-state index contributed by atoms with van der Waals surface area (Å²) in [5.41, 5.74) is 0.260. The Morgan fingerprint density at radius 3 is 2.44 bits per heavy atom. The van der Waals surface area contributed by atoms with Crippen molar-refractivity contribution in [2.24, 2.45) is 0 Å². The first-order valence-corrected chi connectivity index (χ1v) is 9.88. The normalized spacial score (nSPS) is 11.4. The van der Waals surface area contributed by atoms with Crippen LogP contribution in [0.25, 0.3) is 0 Å². The van der Waals surface area contributed by atoms with Gasteiger partial charge in [0, 0.05) is 19.1 Å². The fourth-order valence-corrected chi connectivity index (χ4v) is 3.24. The highest BCUT2D eigenvalue weighted by Gasteiger charge is 2.16. The average molecular weight is 415 g/mol. The lowest BCUT2D eigenvalue weighted by atomic mass is 10.1. The Hall–Kier alpha value is -2.16. The summed E-state index contributed by atoms with van der Waals surface area (Å²) in [5.74, 6) is -0.389. The molecule has 1 amide bonds. The largest absolute Gasteiger partial charge is 0.492 e. The minimum Gasteiger partial charge on any atom is -0.492 e. The smallest absolute Gasteiger partial charge is 0.242 e. The van der Waals surface area contributed by atoms with Crippen molar-refractivity contribution in [1.29, 1.82) is 0 Å². The van der Waals surface area contributed by atoms with Crippen LogP contribution in [0.4, 0.5) is 4.39 Å². The van der Waals surface area contributed by atoms with E-state index in [4.69, 9.17) is 16.3 Å². The van der Waals surface area contributed by atoms with Gasteiger partial charge in [-0.1, -0.05) is 17.7 Å². The van der Waals surface area contributed by atoms with Crippen molar-refractivity contribution in [3.63, 3.8) is 0 Å². The van der Waals surface area contributed by atoms with E-state index in [9.17, 15) is 17.6 Å². The summed E-state index contributed by atoms with van der Waals surface area (Å²) in [6, 6.07) is 10.1. The van der Waals surface area contributed by atoms with Crippen molar-refractivity contribution in [2.75, 3.05) is 27.2 Å². The second-order valence-electron chi connectivity index (χ2n) is 5.87. The lowest BCUT2D eigenvalue weighted by molar-refractivity contribution is -0.120. The van der Waals surface area contributed by atoms with Gasteiger partial charge in [0.2, 0.25) is 15.9 Å². The molecule has 0 aliphatic rings. The summed E-state index contributed by atoms with van der Waals surface area (Å²) in [7, 11) is -0.571. The molecule has 0 radical (unpaired) electrons. The quantitative estimate of drug-likeness (QED) is 0.673. The molecule has 2 aromatic rings. The molecule has 0 saturated heterocycles. The number of amides is 1. The molecule has 0 saturated carbocycles. The van der Waals surface area contributed by atoms with Gasteiger partial charge in [0.15, 0.2) is 0 Å². The molecule has 0 aliphatic heterocycles. The molecule has 146 valence electrons. The molecule has 27 heavy (non-hydrogen) atoms. The summed E-state index contributed by atoms with van der Waals surface area (Å²) >= 11 is 5.67. The maximum Gasteiger partial charge on any atom is 0.242 e. The van der Waals surface area contributed by atoms with Crippen LogP contribution in [0, 0.1) is 5.82 Å². The third-order valence-electron chi connectivity index (χ3n) is 3.66. The molecule has 0 fully saturated rings. The van der Waals surface area contributed by atoms with Crippen LogP contribution in [-0.2, 0) is 21.2 Å². The number of rotatable bonds is 8. The highest BCUT2D eigenvalue weighted by Crippen LogP contribution is 2.18. The topological polar surface area (TPSA) is 75.7 Å².